The third-order valence-electron chi connectivity index (χ3n) is 5.94. The summed E-state index contributed by atoms with van der Waals surface area (Å²) in [6, 6.07) is 5.15. The quantitative estimate of drug-likeness (QED) is 0.581. The number of likely N-dealkylation sites (tertiary alicyclic amines) is 1. The second-order valence-corrected chi connectivity index (χ2v) is 9.28. The molecule has 2 N–H and O–H groups in total. The summed E-state index contributed by atoms with van der Waals surface area (Å²) >= 11 is 11.9. The molecule has 2 unspecified atom stereocenters. The van der Waals surface area contributed by atoms with Crippen molar-refractivity contribution in [3.8, 4) is 0 Å². The number of aliphatic hydroxyl groups is 2. The van der Waals surface area contributed by atoms with E-state index in [1.165, 1.54) is 6.08 Å². The summed E-state index contributed by atoms with van der Waals surface area (Å²) in [4.78, 5) is 30.5. The van der Waals surface area contributed by atoms with Crippen molar-refractivity contribution in [3.05, 3.63) is 39.9 Å². The van der Waals surface area contributed by atoms with Gasteiger partial charge in [-0.2, -0.15) is 0 Å². The number of nitrogens with zero attached hydrogens (tertiary/aromatic N) is 3. The molecule has 2 amide bonds. The van der Waals surface area contributed by atoms with Crippen molar-refractivity contribution in [2.45, 2.75) is 37.9 Å². The lowest BCUT2D eigenvalue weighted by molar-refractivity contribution is -0.130. The fourth-order valence-corrected chi connectivity index (χ4v) is 4.41. The van der Waals surface area contributed by atoms with E-state index in [2.05, 4.69) is 4.90 Å². The van der Waals surface area contributed by atoms with E-state index in [1.54, 1.807) is 34.1 Å². The fraction of sp³-hybridized carbons (Fsp3) is 0.565. The molecule has 2 heterocycles. The molecule has 2 aliphatic heterocycles. The predicted octanol–water partition coefficient (Wildman–Crippen LogP) is 2.28. The number of piperidine rings is 1. The van der Waals surface area contributed by atoms with Crippen LogP contribution < -0.4 is 0 Å². The second-order valence-electron chi connectivity index (χ2n) is 8.46. The number of carbonyl (C=O) groups is 2. The molecule has 176 valence electrons. The molecule has 9 heteroatoms. The molecule has 1 aromatic carbocycles. The minimum atomic E-state index is -0.553. The standard InChI is InChI=1S/C23H31Cl2N3O4/c24-20-5-3-17(14-21(20)25)4-6-22(31)28-11-8-23(32)27(12-13-28)10-7-19(30)16-26-9-1-2-18(29)15-26/h3-6,14,18-19,29-30H,1-2,7-13,15-16H2. The zero-order valence-electron chi connectivity index (χ0n) is 18.1. The van der Waals surface area contributed by atoms with Gasteiger partial charge in [0.25, 0.3) is 0 Å². The Kier molecular flexibility index (Phi) is 9.37. The van der Waals surface area contributed by atoms with Crippen molar-refractivity contribution in [1.29, 1.82) is 0 Å². The Balaban J connectivity index is 1.46. The van der Waals surface area contributed by atoms with E-state index in [9.17, 15) is 19.8 Å². The molecule has 7 nitrogen and oxygen atoms in total. The van der Waals surface area contributed by atoms with E-state index >= 15 is 0 Å². The highest BCUT2D eigenvalue weighted by Gasteiger charge is 2.24. The van der Waals surface area contributed by atoms with E-state index < -0.39 is 6.10 Å². The molecule has 2 aliphatic rings. The van der Waals surface area contributed by atoms with Crippen molar-refractivity contribution >= 4 is 41.1 Å². The van der Waals surface area contributed by atoms with Crippen molar-refractivity contribution < 1.29 is 19.8 Å². The highest BCUT2D eigenvalue weighted by molar-refractivity contribution is 6.42. The van der Waals surface area contributed by atoms with Crippen LogP contribution in [0.15, 0.2) is 24.3 Å². The molecule has 2 saturated heterocycles. The van der Waals surface area contributed by atoms with Gasteiger partial charge in [0.05, 0.1) is 22.3 Å². The first-order valence-electron chi connectivity index (χ1n) is 11.1. The third-order valence-corrected chi connectivity index (χ3v) is 6.68. The molecule has 0 saturated carbocycles. The Bertz CT molecular complexity index is 835. The molecule has 0 spiro atoms. The molecule has 2 fully saturated rings. The van der Waals surface area contributed by atoms with Gasteiger partial charge >= 0.3 is 0 Å². The third kappa shape index (κ3) is 7.46. The molecule has 1 aromatic rings. The van der Waals surface area contributed by atoms with E-state index in [-0.39, 0.29) is 24.3 Å². The fourth-order valence-electron chi connectivity index (χ4n) is 4.10. The number of amides is 2. The van der Waals surface area contributed by atoms with Gasteiger partial charge in [0.15, 0.2) is 0 Å². The van der Waals surface area contributed by atoms with Gasteiger partial charge in [-0.3, -0.25) is 14.5 Å². The van der Waals surface area contributed by atoms with Gasteiger partial charge in [-0.1, -0.05) is 29.3 Å². The number of rotatable bonds is 7. The molecule has 2 atom stereocenters. The van der Waals surface area contributed by atoms with Gasteiger partial charge in [-0.05, 0) is 49.6 Å². The van der Waals surface area contributed by atoms with Crippen molar-refractivity contribution in [3.63, 3.8) is 0 Å². The first-order chi connectivity index (χ1) is 15.3. The largest absolute Gasteiger partial charge is 0.392 e. The molecule has 32 heavy (non-hydrogen) atoms. The first-order valence-corrected chi connectivity index (χ1v) is 11.9. The molecular formula is C23H31Cl2N3O4. The predicted molar refractivity (Wildman–Crippen MR) is 126 cm³/mol. The van der Waals surface area contributed by atoms with E-state index in [0.717, 1.165) is 24.9 Å². The van der Waals surface area contributed by atoms with Crippen LogP contribution in [0.2, 0.25) is 10.0 Å². The number of halogens is 2. The van der Waals surface area contributed by atoms with Gasteiger partial charge < -0.3 is 20.0 Å². The number of aliphatic hydroxyl groups excluding tert-OH is 2. The number of benzene rings is 1. The number of hydrogen-bond acceptors (Lipinski definition) is 5. The van der Waals surface area contributed by atoms with Crippen LogP contribution in [0.25, 0.3) is 6.08 Å². The van der Waals surface area contributed by atoms with Crippen LogP contribution in [0, 0.1) is 0 Å². The first kappa shape index (κ1) is 25.0. The molecule has 0 aromatic heterocycles. The van der Waals surface area contributed by atoms with Crippen LogP contribution in [0.3, 0.4) is 0 Å². The lowest BCUT2D eigenvalue weighted by Gasteiger charge is -2.32. The minimum Gasteiger partial charge on any atom is -0.392 e. The minimum absolute atomic E-state index is 0.00522. The van der Waals surface area contributed by atoms with Gasteiger partial charge in [0, 0.05) is 51.8 Å². The van der Waals surface area contributed by atoms with Gasteiger partial charge in [0.1, 0.15) is 0 Å². The summed E-state index contributed by atoms with van der Waals surface area (Å²) < 4.78 is 0. The Morgan fingerprint density at radius 1 is 1.19 bits per heavy atom. The van der Waals surface area contributed by atoms with Gasteiger partial charge in [-0.25, -0.2) is 0 Å². The van der Waals surface area contributed by atoms with Gasteiger partial charge in [0.2, 0.25) is 11.8 Å². The lowest BCUT2D eigenvalue weighted by atomic mass is 10.1. The van der Waals surface area contributed by atoms with Crippen LogP contribution in [0.4, 0.5) is 0 Å². The normalized spacial score (nSPS) is 21.8. The summed E-state index contributed by atoms with van der Waals surface area (Å²) in [5.41, 5.74) is 0.774. The Labute approximate surface area is 199 Å². The van der Waals surface area contributed by atoms with Crippen molar-refractivity contribution in [1.82, 2.24) is 14.7 Å². The molecule has 0 aliphatic carbocycles. The Morgan fingerprint density at radius 3 is 2.75 bits per heavy atom. The van der Waals surface area contributed by atoms with Crippen LogP contribution >= 0.6 is 23.2 Å². The maximum atomic E-state index is 12.6. The van der Waals surface area contributed by atoms with Gasteiger partial charge in [-0.15, -0.1) is 0 Å². The van der Waals surface area contributed by atoms with Crippen LogP contribution in [-0.2, 0) is 9.59 Å². The SMILES string of the molecule is O=C(C=Cc1ccc(Cl)c(Cl)c1)N1CCC(=O)N(CCC(O)CN2CCCC(O)C2)CC1. The van der Waals surface area contributed by atoms with Crippen LogP contribution in [-0.4, -0.2) is 94.7 Å². The number of β-amino-alcohol motifs (C(OH)–C–C–N with tert-alkyl or cyclic N) is 2. The summed E-state index contributed by atoms with van der Waals surface area (Å²) in [6.45, 7) is 3.69. The highest BCUT2D eigenvalue weighted by Crippen LogP contribution is 2.23. The summed E-state index contributed by atoms with van der Waals surface area (Å²) in [6.07, 6.45) is 4.78. The number of carbonyl (C=O) groups excluding carboxylic acids is 2. The Morgan fingerprint density at radius 2 is 2.00 bits per heavy atom. The zero-order chi connectivity index (χ0) is 23.1. The molecule has 0 radical (unpaired) electrons. The van der Waals surface area contributed by atoms with E-state index in [4.69, 9.17) is 23.2 Å². The zero-order valence-corrected chi connectivity index (χ0v) is 19.6. The maximum Gasteiger partial charge on any atom is 0.246 e. The van der Waals surface area contributed by atoms with Crippen LogP contribution in [0.5, 0.6) is 0 Å². The molecule has 0 bridgehead atoms. The van der Waals surface area contributed by atoms with Crippen molar-refractivity contribution in [2.75, 3.05) is 45.8 Å². The summed E-state index contributed by atoms with van der Waals surface area (Å²) in [7, 11) is 0. The lowest BCUT2D eigenvalue weighted by Crippen LogP contribution is -2.43. The average Bonchev–Trinajstić information content (AvgIpc) is 2.94. The Hall–Kier alpha value is -1.64. The van der Waals surface area contributed by atoms with Crippen molar-refractivity contribution in [2.24, 2.45) is 0 Å². The average molecular weight is 484 g/mol. The van der Waals surface area contributed by atoms with E-state index in [0.29, 0.717) is 55.7 Å². The topological polar surface area (TPSA) is 84.3 Å². The molecular weight excluding hydrogens is 453 g/mol. The van der Waals surface area contributed by atoms with E-state index in [1.807, 2.05) is 0 Å². The smallest absolute Gasteiger partial charge is 0.246 e. The molecule has 3 rings (SSSR count). The summed E-state index contributed by atoms with van der Waals surface area (Å²) in [5.74, 6) is -0.163. The summed E-state index contributed by atoms with van der Waals surface area (Å²) in [5, 5.41) is 21.0. The highest BCUT2D eigenvalue weighted by atomic mass is 35.5. The van der Waals surface area contributed by atoms with Crippen LogP contribution in [0.1, 0.15) is 31.2 Å². The second kappa shape index (κ2) is 12.0. The maximum absolute atomic E-state index is 12.6. The number of hydrogen-bond donors (Lipinski definition) is 2. The monoisotopic (exact) mass is 483 g/mol.